The van der Waals surface area contributed by atoms with E-state index >= 15 is 0 Å². The second-order valence-electron chi connectivity index (χ2n) is 5.15. The quantitative estimate of drug-likeness (QED) is 0.864. The minimum atomic E-state index is -4.94. The molecule has 0 aliphatic carbocycles. The average Bonchev–Trinajstić information content (AvgIpc) is 2.88. The third-order valence-electron chi connectivity index (χ3n) is 3.41. The predicted molar refractivity (Wildman–Crippen MR) is 81.5 cm³/mol. The lowest BCUT2D eigenvalue weighted by Crippen LogP contribution is -2.19. The summed E-state index contributed by atoms with van der Waals surface area (Å²) < 4.78 is 67.7. The Morgan fingerprint density at radius 1 is 1.12 bits per heavy atom. The third-order valence-corrected chi connectivity index (χ3v) is 4.77. The Morgan fingerprint density at radius 2 is 1.84 bits per heavy atom. The van der Waals surface area contributed by atoms with Crippen molar-refractivity contribution in [2.75, 3.05) is 4.72 Å². The zero-order chi connectivity index (χ0) is 18.2. The number of alkyl halides is 3. The Balaban J connectivity index is 1.93. The highest BCUT2D eigenvalue weighted by atomic mass is 32.2. The molecule has 0 radical (unpaired) electrons. The Labute approximate surface area is 140 Å². The van der Waals surface area contributed by atoms with E-state index in [1.165, 1.54) is 6.07 Å². The zero-order valence-corrected chi connectivity index (χ0v) is 13.2. The number of anilines is 1. The second kappa shape index (κ2) is 5.96. The van der Waals surface area contributed by atoms with Gasteiger partial charge in [-0.25, -0.2) is 8.42 Å². The standard InChI is InChI=1S/C15H11F3N2O4S/c16-15(17,18)24-10-4-2-5-11(7-10)25(22,23)20-12-6-1-3-9-8-19-14(21)13(9)12/h1-7,20H,8H2,(H,19,21). The van der Waals surface area contributed by atoms with Crippen molar-refractivity contribution in [2.45, 2.75) is 17.8 Å². The van der Waals surface area contributed by atoms with E-state index in [1.54, 1.807) is 12.1 Å². The van der Waals surface area contributed by atoms with Crippen LogP contribution in [0.1, 0.15) is 15.9 Å². The van der Waals surface area contributed by atoms with Gasteiger partial charge in [0, 0.05) is 12.6 Å². The maximum atomic E-state index is 12.4. The molecule has 0 aromatic heterocycles. The van der Waals surface area contributed by atoms with Gasteiger partial charge < -0.3 is 10.1 Å². The molecular formula is C15H11F3N2O4S. The summed E-state index contributed by atoms with van der Waals surface area (Å²) in [6.07, 6.45) is -4.94. The molecule has 0 fully saturated rings. The normalized spacial score (nSPS) is 14.0. The van der Waals surface area contributed by atoms with Crippen molar-refractivity contribution in [2.24, 2.45) is 0 Å². The van der Waals surface area contributed by atoms with Gasteiger partial charge in [-0.3, -0.25) is 9.52 Å². The van der Waals surface area contributed by atoms with E-state index in [2.05, 4.69) is 14.8 Å². The van der Waals surface area contributed by atoms with Gasteiger partial charge in [-0.15, -0.1) is 13.2 Å². The molecule has 0 spiro atoms. The topological polar surface area (TPSA) is 84.5 Å². The maximum Gasteiger partial charge on any atom is 0.573 e. The van der Waals surface area contributed by atoms with E-state index in [4.69, 9.17) is 0 Å². The van der Waals surface area contributed by atoms with Crippen LogP contribution in [0, 0.1) is 0 Å². The summed E-state index contributed by atoms with van der Waals surface area (Å²) in [6, 6.07) is 8.62. The summed E-state index contributed by atoms with van der Waals surface area (Å²) in [5, 5.41) is 2.57. The number of fused-ring (bicyclic) bond motifs is 1. The molecule has 1 heterocycles. The van der Waals surface area contributed by atoms with Crippen LogP contribution in [0.25, 0.3) is 0 Å². The van der Waals surface area contributed by atoms with Gasteiger partial charge in [-0.1, -0.05) is 18.2 Å². The number of sulfonamides is 1. The van der Waals surface area contributed by atoms with E-state index in [0.717, 1.165) is 24.3 Å². The molecule has 0 bridgehead atoms. The molecule has 1 aliphatic heterocycles. The van der Waals surface area contributed by atoms with E-state index in [-0.39, 0.29) is 17.8 Å². The molecule has 3 rings (SSSR count). The summed E-state index contributed by atoms with van der Waals surface area (Å²) in [4.78, 5) is 11.4. The summed E-state index contributed by atoms with van der Waals surface area (Å²) >= 11 is 0. The Kier molecular flexibility index (Phi) is 4.07. The van der Waals surface area contributed by atoms with Crippen molar-refractivity contribution in [3.63, 3.8) is 0 Å². The Hall–Kier alpha value is -2.75. The number of amides is 1. The fraction of sp³-hybridized carbons (Fsp3) is 0.133. The molecule has 6 nitrogen and oxygen atoms in total. The number of rotatable bonds is 4. The Morgan fingerprint density at radius 3 is 2.56 bits per heavy atom. The number of hydrogen-bond donors (Lipinski definition) is 2. The van der Waals surface area contributed by atoms with E-state index in [1.807, 2.05) is 0 Å². The average molecular weight is 372 g/mol. The highest BCUT2D eigenvalue weighted by molar-refractivity contribution is 7.92. The van der Waals surface area contributed by atoms with Crippen LogP contribution in [0.2, 0.25) is 0 Å². The molecule has 0 unspecified atom stereocenters. The molecule has 2 aromatic rings. The zero-order valence-electron chi connectivity index (χ0n) is 12.4. The maximum absolute atomic E-state index is 12.4. The van der Waals surface area contributed by atoms with Gasteiger partial charge in [0.05, 0.1) is 16.1 Å². The van der Waals surface area contributed by atoms with E-state index in [0.29, 0.717) is 5.56 Å². The molecule has 132 valence electrons. The summed E-state index contributed by atoms with van der Waals surface area (Å²) in [5.41, 5.74) is 0.864. The number of carbonyl (C=O) groups excluding carboxylic acids is 1. The van der Waals surface area contributed by atoms with Crippen molar-refractivity contribution in [3.05, 3.63) is 53.6 Å². The molecule has 0 atom stereocenters. The minimum Gasteiger partial charge on any atom is -0.406 e. The van der Waals surface area contributed by atoms with Crippen molar-refractivity contribution >= 4 is 21.6 Å². The van der Waals surface area contributed by atoms with Crippen LogP contribution in [0.4, 0.5) is 18.9 Å². The lowest BCUT2D eigenvalue weighted by atomic mass is 10.1. The Bertz CT molecular complexity index is 942. The number of nitrogens with one attached hydrogen (secondary N) is 2. The highest BCUT2D eigenvalue weighted by Gasteiger charge is 2.32. The largest absolute Gasteiger partial charge is 0.573 e. The summed E-state index contributed by atoms with van der Waals surface area (Å²) in [6.45, 7) is 0.276. The molecular weight excluding hydrogens is 361 g/mol. The van der Waals surface area contributed by atoms with Crippen molar-refractivity contribution in [1.82, 2.24) is 5.32 Å². The van der Waals surface area contributed by atoms with Gasteiger partial charge in [0.25, 0.3) is 15.9 Å². The molecule has 2 aromatic carbocycles. The van der Waals surface area contributed by atoms with Gasteiger partial charge in [0.1, 0.15) is 5.75 Å². The number of hydrogen-bond acceptors (Lipinski definition) is 4. The molecule has 0 saturated heterocycles. The number of carbonyl (C=O) groups is 1. The number of ether oxygens (including phenoxy) is 1. The van der Waals surface area contributed by atoms with Crippen LogP contribution < -0.4 is 14.8 Å². The molecule has 25 heavy (non-hydrogen) atoms. The van der Waals surface area contributed by atoms with Crippen LogP contribution in [0.5, 0.6) is 5.75 Å². The first-order chi connectivity index (χ1) is 11.7. The predicted octanol–water partition coefficient (Wildman–Crippen LogP) is 2.63. The summed E-state index contributed by atoms with van der Waals surface area (Å²) in [7, 11) is -4.21. The first-order valence-corrected chi connectivity index (χ1v) is 8.43. The van der Waals surface area contributed by atoms with Gasteiger partial charge >= 0.3 is 6.36 Å². The van der Waals surface area contributed by atoms with E-state index < -0.39 is 32.9 Å². The van der Waals surface area contributed by atoms with Gasteiger partial charge in [-0.2, -0.15) is 0 Å². The van der Waals surface area contributed by atoms with E-state index in [9.17, 15) is 26.4 Å². The molecule has 1 aliphatic rings. The highest BCUT2D eigenvalue weighted by Crippen LogP contribution is 2.28. The van der Waals surface area contributed by atoms with Gasteiger partial charge in [-0.05, 0) is 23.8 Å². The monoisotopic (exact) mass is 372 g/mol. The van der Waals surface area contributed by atoms with Crippen LogP contribution in [-0.4, -0.2) is 20.7 Å². The fourth-order valence-corrected chi connectivity index (χ4v) is 3.51. The third kappa shape index (κ3) is 3.68. The van der Waals surface area contributed by atoms with Crippen LogP contribution >= 0.6 is 0 Å². The number of halogens is 3. The number of benzene rings is 2. The SMILES string of the molecule is O=C1NCc2cccc(NS(=O)(=O)c3cccc(OC(F)(F)F)c3)c21. The van der Waals surface area contributed by atoms with Crippen molar-refractivity contribution in [3.8, 4) is 5.75 Å². The van der Waals surface area contributed by atoms with Gasteiger partial charge in [0.2, 0.25) is 0 Å². The van der Waals surface area contributed by atoms with Crippen LogP contribution in [0.3, 0.4) is 0 Å². The lowest BCUT2D eigenvalue weighted by Gasteiger charge is -2.13. The van der Waals surface area contributed by atoms with Crippen LogP contribution in [-0.2, 0) is 16.6 Å². The fourth-order valence-electron chi connectivity index (χ4n) is 2.41. The summed E-state index contributed by atoms with van der Waals surface area (Å²) in [5.74, 6) is -1.09. The minimum absolute atomic E-state index is 0.0506. The molecule has 10 heteroatoms. The first-order valence-electron chi connectivity index (χ1n) is 6.94. The second-order valence-corrected chi connectivity index (χ2v) is 6.83. The molecule has 1 amide bonds. The van der Waals surface area contributed by atoms with Crippen molar-refractivity contribution < 1.29 is 31.1 Å². The first kappa shape index (κ1) is 17.1. The lowest BCUT2D eigenvalue weighted by molar-refractivity contribution is -0.274. The van der Waals surface area contributed by atoms with Crippen molar-refractivity contribution in [1.29, 1.82) is 0 Å². The van der Waals surface area contributed by atoms with Crippen LogP contribution in [0.15, 0.2) is 47.4 Å². The van der Waals surface area contributed by atoms with Gasteiger partial charge in [0.15, 0.2) is 0 Å². The molecule has 0 saturated carbocycles. The smallest absolute Gasteiger partial charge is 0.406 e. The molecule has 2 N–H and O–H groups in total.